The van der Waals surface area contributed by atoms with Crippen LogP contribution in [0.5, 0.6) is 0 Å². The van der Waals surface area contributed by atoms with Crippen LogP contribution in [0, 0.1) is 5.82 Å². The van der Waals surface area contributed by atoms with E-state index in [0.29, 0.717) is 5.56 Å². The van der Waals surface area contributed by atoms with Gasteiger partial charge in [0.25, 0.3) is 0 Å². The predicted molar refractivity (Wildman–Crippen MR) is 81.1 cm³/mol. The molecular formula is C15H18FNO4S. The van der Waals surface area contributed by atoms with Gasteiger partial charge >= 0.3 is 12.1 Å². The van der Waals surface area contributed by atoms with Crippen molar-refractivity contribution in [1.82, 2.24) is 4.90 Å². The third-order valence-corrected chi connectivity index (χ3v) is 4.37. The van der Waals surface area contributed by atoms with Crippen LogP contribution in [-0.4, -0.2) is 39.5 Å². The van der Waals surface area contributed by atoms with E-state index in [1.165, 1.54) is 28.8 Å². The standard InChI is InChI=1S/C15H18FNO4S/c1-15(2,3)21-14(20)17-11(13(18)19)8-22-12(17)9-4-6-10(16)7-5-9/h4-7,11-12H,8H2,1-3H3,(H,18,19). The van der Waals surface area contributed by atoms with Crippen LogP contribution in [0.4, 0.5) is 9.18 Å². The lowest BCUT2D eigenvalue weighted by atomic mass is 10.1. The lowest BCUT2D eigenvalue weighted by Gasteiger charge is -2.30. The van der Waals surface area contributed by atoms with Crippen LogP contribution in [0.3, 0.4) is 0 Å². The number of nitrogens with zero attached hydrogens (tertiary/aromatic N) is 1. The summed E-state index contributed by atoms with van der Waals surface area (Å²) in [5.74, 6) is -1.20. The van der Waals surface area contributed by atoms with Crippen molar-refractivity contribution in [1.29, 1.82) is 0 Å². The Morgan fingerprint density at radius 3 is 2.41 bits per heavy atom. The number of hydrogen-bond acceptors (Lipinski definition) is 4. The van der Waals surface area contributed by atoms with Gasteiger partial charge in [-0.3, -0.25) is 4.90 Å². The molecule has 0 aromatic heterocycles. The first kappa shape index (κ1) is 16.6. The van der Waals surface area contributed by atoms with Gasteiger partial charge in [-0.25, -0.2) is 14.0 Å². The fourth-order valence-electron chi connectivity index (χ4n) is 2.12. The molecule has 0 bridgehead atoms. The zero-order chi connectivity index (χ0) is 16.5. The molecule has 0 saturated carbocycles. The molecule has 1 aliphatic heterocycles. The third kappa shape index (κ3) is 3.71. The molecule has 22 heavy (non-hydrogen) atoms. The summed E-state index contributed by atoms with van der Waals surface area (Å²) in [4.78, 5) is 25.0. The minimum atomic E-state index is -1.08. The number of rotatable bonds is 2. The van der Waals surface area contributed by atoms with Crippen LogP contribution in [0.25, 0.3) is 0 Å². The number of carboxylic acid groups (broad SMARTS) is 1. The van der Waals surface area contributed by atoms with Crippen LogP contribution in [0.15, 0.2) is 24.3 Å². The minimum Gasteiger partial charge on any atom is -0.480 e. The summed E-state index contributed by atoms with van der Waals surface area (Å²) in [7, 11) is 0. The maximum atomic E-state index is 13.1. The molecule has 0 spiro atoms. The zero-order valence-electron chi connectivity index (χ0n) is 12.6. The minimum absolute atomic E-state index is 0.261. The van der Waals surface area contributed by atoms with E-state index in [-0.39, 0.29) is 11.6 Å². The van der Waals surface area contributed by atoms with Gasteiger partial charge in [-0.15, -0.1) is 11.8 Å². The van der Waals surface area contributed by atoms with Crippen molar-refractivity contribution in [3.05, 3.63) is 35.6 Å². The number of halogens is 1. The Kier molecular flexibility index (Phi) is 4.65. The first-order valence-electron chi connectivity index (χ1n) is 6.80. The van der Waals surface area contributed by atoms with Crippen LogP contribution in [0.2, 0.25) is 0 Å². The average Bonchev–Trinajstić information content (AvgIpc) is 2.82. The Hall–Kier alpha value is -1.76. The lowest BCUT2D eigenvalue weighted by Crippen LogP contribution is -2.45. The van der Waals surface area contributed by atoms with E-state index in [1.54, 1.807) is 32.9 Å². The van der Waals surface area contributed by atoms with Crippen molar-refractivity contribution >= 4 is 23.8 Å². The Balaban J connectivity index is 2.30. The number of carboxylic acids is 1. The van der Waals surface area contributed by atoms with E-state index in [2.05, 4.69) is 0 Å². The number of benzene rings is 1. The Morgan fingerprint density at radius 2 is 1.91 bits per heavy atom. The van der Waals surface area contributed by atoms with E-state index in [1.807, 2.05) is 0 Å². The third-order valence-electron chi connectivity index (χ3n) is 3.04. The molecule has 120 valence electrons. The molecule has 0 aliphatic carbocycles. The molecule has 0 radical (unpaired) electrons. The predicted octanol–water partition coefficient (Wildman–Crippen LogP) is 3.26. The van der Waals surface area contributed by atoms with E-state index >= 15 is 0 Å². The number of carbonyl (C=O) groups is 2. The molecule has 1 aliphatic rings. The molecule has 1 fully saturated rings. The summed E-state index contributed by atoms with van der Waals surface area (Å²) in [6, 6.07) is 4.72. The van der Waals surface area contributed by atoms with Gasteiger partial charge in [-0.05, 0) is 38.5 Å². The quantitative estimate of drug-likeness (QED) is 0.903. The highest BCUT2D eigenvalue weighted by Crippen LogP contribution is 2.42. The van der Waals surface area contributed by atoms with E-state index in [4.69, 9.17) is 4.74 Å². The summed E-state index contributed by atoms with van der Waals surface area (Å²) < 4.78 is 18.4. The Morgan fingerprint density at radius 1 is 1.32 bits per heavy atom. The number of hydrogen-bond donors (Lipinski definition) is 1. The highest BCUT2D eigenvalue weighted by molar-refractivity contribution is 7.99. The van der Waals surface area contributed by atoms with Gasteiger partial charge < -0.3 is 9.84 Å². The van der Waals surface area contributed by atoms with Gasteiger partial charge in [0.05, 0.1) is 0 Å². The van der Waals surface area contributed by atoms with Crippen LogP contribution < -0.4 is 0 Å². The lowest BCUT2D eigenvalue weighted by molar-refractivity contribution is -0.142. The summed E-state index contributed by atoms with van der Waals surface area (Å²) >= 11 is 1.32. The van der Waals surface area contributed by atoms with E-state index in [9.17, 15) is 19.1 Å². The molecule has 2 rings (SSSR count). The second-order valence-electron chi connectivity index (χ2n) is 5.98. The Bertz CT molecular complexity index is 570. The van der Waals surface area contributed by atoms with Crippen molar-refractivity contribution in [2.45, 2.75) is 37.8 Å². The monoisotopic (exact) mass is 327 g/mol. The maximum Gasteiger partial charge on any atom is 0.412 e. The van der Waals surface area contributed by atoms with Crippen LogP contribution in [0.1, 0.15) is 31.7 Å². The molecule has 1 saturated heterocycles. The molecule has 7 heteroatoms. The number of thioether (sulfide) groups is 1. The second-order valence-corrected chi connectivity index (χ2v) is 7.09. The van der Waals surface area contributed by atoms with Gasteiger partial charge in [0, 0.05) is 5.75 Å². The molecule has 1 amide bonds. The fraction of sp³-hybridized carbons (Fsp3) is 0.467. The molecule has 2 atom stereocenters. The van der Waals surface area contributed by atoms with Gasteiger partial charge in [0.2, 0.25) is 0 Å². The molecule has 1 aromatic rings. The van der Waals surface area contributed by atoms with Crippen molar-refractivity contribution in [2.75, 3.05) is 5.75 Å². The smallest absolute Gasteiger partial charge is 0.412 e. The molecular weight excluding hydrogens is 309 g/mol. The van der Waals surface area contributed by atoms with Gasteiger partial charge in [-0.2, -0.15) is 0 Å². The van der Waals surface area contributed by atoms with Crippen molar-refractivity contribution < 1.29 is 23.8 Å². The van der Waals surface area contributed by atoms with E-state index in [0.717, 1.165) is 0 Å². The second kappa shape index (κ2) is 6.16. The molecule has 1 aromatic carbocycles. The number of amides is 1. The average molecular weight is 327 g/mol. The molecule has 5 nitrogen and oxygen atoms in total. The normalized spacial score (nSPS) is 21.7. The first-order valence-corrected chi connectivity index (χ1v) is 7.85. The SMILES string of the molecule is CC(C)(C)OC(=O)N1C(C(=O)O)CSC1c1ccc(F)cc1. The molecule has 2 unspecified atom stereocenters. The first-order chi connectivity index (χ1) is 10.2. The fourth-order valence-corrected chi connectivity index (χ4v) is 3.53. The van der Waals surface area contributed by atoms with Crippen molar-refractivity contribution in [2.24, 2.45) is 0 Å². The molecule has 1 heterocycles. The van der Waals surface area contributed by atoms with Gasteiger partial charge in [0.15, 0.2) is 0 Å². The topological polar surface area (TPSA) is 66.8 Å². The van der Waals surface area contributed by atoms with Gasteiger partial charge in [0.1, 0.15) is 22.8 Å². The Labute approximate surface area is 132 Å². The summed E-state index contributed by atoms with van der Waals surface area (Å²) in [6.45, 7) is 5.16. The highest BCUT2D eigenvalue weighted by Gasteiger charge is 2.44. The molecule has 1 N–H and O–H groups in total. The zero-order valence-corrected chi connectivity index (χ0v) is 13.4. The number of aliphatic carboxylic acids is 1. The number of ether oxygens (including phenoxy) is 1. The number of carbonyl (C=O) groups excluding carboxylic acids is 1. The largest absolute Gasteiger partial charge is 0.480 e. The van der Waals surface area contributed by atoms with E-state index < -0.39 is 29.1 Å². The summed E-state index contributed by atoms with van der Waals surface area (Å²) in [5.41, 5.74) is -0.0539. The summed E-state index contributed by atoms with van der Waals surface area (Å²) in [5, 5.41) is 8.81. The van der Waals surface area contributed by atoms with Crippen LogP contribution in [-0.2, 0) is 9.53 Å². The highest BCUT2D eigenvalue weighted by atomic mass is 32.2. The van der Waals surface area contributed by atoms with Gasteiger partial charge in [-0.1, -0.05) is 12.1 Å². The van der Waals surface area contributed by atoms with Crippen LogP contribution >= 0.6 is 11.8 Å². The van der Waals surface area contributed by atoms with Crippen molar-refractivity contribution in [3.8, 4) is 0 Å². The van der Waals surface area contributed by atoms with Crippen molar-refractivity contribution in [3.63, 3.8) is 0 Å². The summed E-state index contributed by atoms with van der Waals surface area (Å²) in [6.07, 6.45) is -0.681. The maximum absolute atomic E-state index is 13.1.